The van der Waals surface area contributed by atoms with E-state index in [1.54, 1.807) is 11.3 Å². The first-order chi connectivity index (χ1) is 12.2. The maximum Gasteiger partial charge on any atom is 0.276 e. The molecule has 122 valence electrons. The van der Waals surface area contributed by atoms with Crippen molar-refractivity contribution >= 4 is 33.1 Å². The van der Waals surface area contributed by atoms with Crippen molar-refractivity contribution in [1.82, 2.24) is 15.2 Å². The zero-order valence-electron chi connectivity index (χ0n) is 12.9. The second-order valence-electron chi connectivity index (χ2n) is 5.32. The molecule has 0 saturated carbocycles. The van der Waals surface area contributed by atoms with Gasteiger partial charge in [-0.15, -0.1) is 11.3 Å². The first-order valence-corrected chi connectivity index (χ1v) is 8.34. The number of aromatic nitrogens is 3. The Bertz CT molecular complexity index is 1060. The maximum absolute atomic E-state index is 12.1. The molecule has 2 N–H and O–H groups in total. The number of benzene rings is 2. The predicted octanol–water partition coefficient (Wildman–Crippen LogP) is 3.30. The van der Waals surface area contributed by atoms with Gasteiger partial charge in [-0.3, -0.25) is 9.59 Å². The fraction of sp³-hybridized carbons (Fsp3) is 0. The summed E-state index contributed by atoms with van der Waals surface area (Å²) in [6.45, 7) is 0. The summed E-state index contributed by atoms with van der Waals surface area (Å²) in [4.78, 5) is 27.7. The minimum absolute atomic E-state index is 0.148. The van der Waals surface area contributed by atoms with E-state index in [-0.39, 0.29) is 17.2 Å². The third-order valence-electron chi connectivity index (χ3n) is 3.60. The average molecular weight is 348 g/mol. The van der Waals surface area contributed by atoms with Crippen molar-refractivity contribution in [2.24, 2.45) is 0 Å². The van der Waals surface area contributed by atoms with Gasteiger partial charge < -0.3 is 5.32 Å². The number of para-hydroxylation sites is 1. The molecule has 4 aromatic rings. The van der Waals surface area contributed by atoms with E-state index in [4.69, 9.17) is 0 Å². The molecule has 0 aliphatic carbocycles. The van der Waals surface area contributed by atoms with Crippen molar-refractivity contribution < 1.29 is 4.79 Å². The van der Waals surface area contributed by atoms with Crippen molar-refractivity contribution in [3.05, 3.63) is 76.7 Å². The smallest absolute Gasteiger partial charge is 0.276 e. The number of nitrogens with one attached hydrogen (secondary N) is 2. The minimum atomic E-state index is -0.385. The van der Waals surface area contributed by atoms with Gasteiger partial charge in [-0.05, 0) is 42.5 Å². The van der Waals surface area contributed by atoms with Gasteiger partial charge in [0.2, 0.25) is 0 Å². The molecule has 0 spiro atoms. The number of carbonyl (C=O) groups is 1. The van der Waals surface area contributed by atoms with Gasteiger partial charge in [0.1, 0.15) is 10.7 Å². The number of rotatable bonds is 3. The van der Waals surface area contributed by atoms with Crippen LogP contribution in [0.2, 0.25) is 0 Å². The second kappa shape index (κ2) is 6.29. The van der Waals surface area contributed by atoms with Crippen LogP contribution in [0.1, 0.15) is 10.5 Å². The van der Waals surface area contributed by atoms with Gasteiger partial charge in [0.15, 0.2) is 0 Å². The quantitative estimate of drug-likeness (QED) is 0.595. The van der Waals surface area contributed by atoms with E-state index in [0.717, 1.165) is 20.8 Å². The van der Waals surface area contributed by atoms with Crippen molar-refractivity contribution in [2.45, 2.75) is 0 Å². The fourth-order valence-electron chi connectivity index (χ4n) is 2.36. The number of carbonyl (C=O) groups excluding carboxylic acids is 1. The van der Waals surface area contributed by atoms with E-state index in [0.29, 0.717) is 5.69 Å². The molecule has 2 heterocycles. The van der Waals surface area contributed by atoms with Crippen LogP contribution < -0.4 is 10.9 Å². The topological polar surface area (TPSA) is 87.7 Å². The molecule has 0 unspecified atom stereocenters. The number of thiazole rings is 1. The Balaban J connectivity index is 1.54. The SMILES string of the molecule is O=C(Nc1ccc(-c2nc3ccccc3s2)cc1)c1ccc(=O)[nH]n1. The standard InChI is InChI=1S/C18H12N4O2S/c23-16-10-9-14(21-22-16)17(24)19-12-7-5-11(6-8-12)18-20-13-3-1-2-4-15(13)25-18/h1-10H,(H,19,24)(H,22,23). The lowest BCUT2D eigenvalue weighted by Gasteiger charge is -2.05. The average Bonchev–Trinajstić information content (AvgIpc) is 3.07. The van der Waals surface area contributed by atoms with Crippen LogP contribution >= 0.6 is 11.3 Å². The highest BCUT2D eigenvalue weighted by molar-refractivity contribution is 7.21. The number of anilines is 1. The van der Waals surface area contributed by atoms with Gasteiger partial charge >= 0.3 is 0 Å². The highest BCUT2D eigenvalue weighted by atomic mass is 32.1. The molecule has 0 radical (unpaired) electrons. The van der Waals surface area contributed by atoms with Crippen molar-refractivity contribution in [1.29, 1.82) is 0 Å². The molecule has 0 fully saturated rings. The molecule has 2 aromatic heterocycles. The Morgan fingerprint density at radius 1 is 1.00 bits per heavy atom. The maximum atomic E-state index is 12.1. The number of hydrogen-bond acceptors (Lipinski definition) is 5. The zero-order chi connectivity index (χ0) is 17.2. The number of hydrogen-bond donors (Lipinski definition) is 2. The van der Waals surface area contributed by atoms with Crippen molar-refractivity contribution in [2.75, 3.05) is 5.32 Å². The van der Waals surface area contributed by atoms with E-state index < -0.39 is 0 Å². The summed E-state index contributed by atoms with van der Waals surface area (Å²) in [5.41, 5.74) is 2.40. The number of H-pyrrole nitrogens is 1. The third kappa shape index (κ3) is 3.17. The van der Waals surface area contributed by atoms with Crippen LogP contribution in [-0.2, 0) is 0 Å². The molecule has 7 heteroatoms. The monoisotopic (exact) mass is 348 g/mol. The van der Waals surface area contributed by atoms with Crippen LogP contribution in [0, 0.1) is 0 Å². The third-order valence-corrected chi connectivity index (χ3v) is 4.68. The summed E-state index contributed by atoms with van der Waals surface area (Å²) in [6.07, 6.45) is 0. The molecule has 6 nitrogen and oxygen atoms in total. The lowest BCUT2D eigenvalue weighted by molar-refractivity contribution is 0.102. The number of nitrogens with zero attached hydrogens (tertiary/aromatic N) is 2. The molecule has 0 bridgehead atoms. The van der Waals surface area contributed by atoms with Crippen molar-refractivity contribution in [3.63, 3.8) is 0 Å². The van der Waals surface area contributed by atoms with Crippen LogP contribution in [-0.4, -0.2) is 21.1 Å². The molecule has 0 aliphatic rings. The van der Waals surface area contributed by atoms with Crippen LogP contribution in [0.15, 0.2) is 65.5 Å². The molecule has 25 heavy (non-hydrogen) atoms. The lowest BCUT2D eigenvalue weighted by atomic mass is 10.2. The van der Waals surface area contributed by atoms with Crippen LogP contribution in [0.25, 0.3) is 20.8 Å². The predicted molar refractivity (Wildman–Crippen MR) is 97.9 cm³/mol. The Labute approximate surface area is 146 Å². The molecule has 2 aromatic carbocycles. The highest BCUT2D eigenvalue weighted by Crippen LogP contribution is 2.30. The Morgan fingerprint density at radius 2 is 1.80 bits per heavy atom. The summed E-state index contributed by atoms with van der Waals surface area (Å²) in [7, 11) is 0. The largest absolute Gasteiger partial charge is 0.321 e. The minimum Gasteiger partial charge on any atom is -0.321 e. The normalized spacial score (nSPS) is 10.7. The van der Waals surface area contributed by atoms with Gasteiger partial charge in [0.05, 0.1) is 10.2 Å². The van der Waals surface area contributed by atoms with Crippen molar-refractivity contribution in [3.8, 4) is 10.6 Å². The van der Waals surface area contributed by atoms with Crippen LogP contribution in [0.3, 0.4) is 0 Å². The number of amides is 1. The van der Waals surface area contributed by atoms with E-state index in [1.165, 1.54) is 12.1 Å². The molecule has 0 atom stereocenters. The fourth-order valence-corrected chi connectivity index (χ4v) is 3.33. The summed E-state index contributed by atoms with van der Waals surface area (Å²) in [6, 6.07) is 18.1. The van der Waals surface area contributed by atoms with Gasteiger partial charge in [-0.1, -0.05) is 12.1 Å². The Hall–Kier alpha value is -3.32. The van der Waals surface area contributed by atoms with Gasteiger partial charge in [-0.2, -0.15) is 5.10 Å². The van der Waals surface area contributed by atoms with Gasteiger partial charge in [-0.25, -0.2) is 10.1 Å². The van der Waals surface area contributed by atoms with E-state index in [2.05, 4.69) is 20.5 Å². The van der Waals surface area contributed by atoms with Crippen LogP contribution in [0.5, 0.6) is 0 Å². The summed E-state index contributed by atoms with van der Waals surface area (Å²) in [5, 5.41) is 9.62. The zero-order valence-corrected chi connectivity index (χ0v) is 13.7. The summed E-state index contributed by atoms with van der Waals surface area (Å²) >= 11 is 1.63. The summed E-state index contributed by atoms with van der Waals surface area (Å²) in [5.74, 6) is -0.385. The second-order valence-corrected chi connectivity index (χ2v) is 6.36. The molecular formula is C18H12N4O2S. The molecule has 4 rings (SSSR count). The van der Waals surface area contributed by atoms with E-state index in [9.17, 15) is 9.59 Å². The number of aromatic amines is 1. The molecule has 0 aliphatic heterocycles. The van der Waals surface area contributed by atoms with Gasteiger partial charge in [0, 0.05) is 17.3 Å². The lowest BCUT2D eigenvalue weighted by Crippen LogP contribution is -2.17. The molecule has 0 saturated heterocycles. The first kappa shape index (κ1) is 15.2. The Kier molecular flexibility index (Phi) is 3.83. The summed E-state index contributed by atoms with van der Waals surface area (Å²) < 4.78 is 1.14. The number of fused-ring (bicyclic) bond motifs is 1. The first-order valence-electron chi connectivity index (χ1n) is 7.52. The highest BCUT2D eigenvalue weighted by Gasteiger charge is 2.09. The van der Waals surface area contributed by atoms with Crippen LogP contribution in [0.4, 0.5) is 5.69 Å². The molecular weight excluding hydrogens is 336 g/mol. The van der Waals surface area contributed by atoms with E-state index in [1.807, 2.05) is 48.5 Å². The Morgan fingerprint density at radius 3 is 2.52 bits per heavy atom. The van der Waals surface area contributed by atoms with Gasteiger partial charge in [0.25, 0.3) is 11.5 Å². The molecule has 1 amide bonds. The van der Waals surface area contributed by atoms with E-state index >= 15 is 0 Å².